The Morgan fingerprint density at radius 2 is 1.60 bits per heavy atom. The molecular weight excluding hydrogens is 542 g/mol. The van der Waals surface area contributed by atoms with Gasteiger partial charge >= 0.3 is 6.09 Å². The van der Waals surface area contributed by atoms with Gasteiger partial charge in [-0.25, -0.2) is 19.4 Å². The van der Waals surface area contributed by atoms with Gasteiger partial charge in [0.05, 0.1) is 11.4 Å². The van der Waals surface area contributed by atoms with E-state index in [9.17, 15) is 4.79 Å². The first-order chi connectivity index (χ1) is 20.7. The maximum atomic E-state index is 12.3. The standard InChI is InChI=1S/C33H39N7O3/c1-32(2,3)43-31(41)38-17-24(18-38)39-19-33(20-39)15-13-23(14-16-33)40-30-27(29(34)35-21-36-30)28(37-40)22-9-11-26(12-10-22)42-25-7-5-4-6-8-25/h4-12,21,23-24H,13-20H2,1-3H3,(H2,34,35,36). The Labute approximate surface area is 251 Å². The third kappa shape index (κ3) is 5.40. The molecule has 2 saturated heterocycles. The van der Waals surface area contributed by atoms with Gasteiger partial charge in [-0.2, -0.15) is 5.10 Å². The fraction of sp³-hybridized carbons (Fsp3) is 0.455. The molecule has 224 valence electrons. The summed E-state index contributed by atoms with van der Waals surface area (Å²) in [6, 6.07) is 18.4. The molecule has 1 saturated carbocycles. The molecule has 2 aliphatic heterocycles. The molecule has 3 aliphatic rings. The molecule has 3 fully saturated rings. The van der Waals surface area contributed by atoms with Crippen LogP contribution in [0, 0.1) is 5.41 Å². The molecule has 10 heteroatoms. The lowest BCUT2D eigenvalue weighted by Gasteiger charge is -2.59. The minimum absolute atomic E-state index is 0.203. The highest BCUT2D eigenvalue weighted by Gasteiger charge is 2.50. The van der Waals surface area contributed by atoms with Crippen molar-refractivity contribution in [3.8, 4) is 22.8 Å². The van der Waals surface area contributed by atoms with Gasteiger partial charge in [0.1, 0.15) is 34.9 Å². The van der Waals surface area contributed by atoms with Crippen LogP contribution in [0.4, 0.5) is 10.6 Å². The van der Waals surface area contributed by atoms with Crippen LogP contribution in [0.25, 0.3) is 22.3 Å². The van der Waals surface area contributed by atoms with Crippen LogP contribution in [0.1, 0.15) is 52.5 Å². The summed E-state index contributed by atoms with van der Waals surface area (Å²) in [7, 11) is 0. The number of carbonyl (C=O) groups is 1. The van der Waals surface area contributed by atoms with Gasteiger partial charge in [-0.3, -0.25) is 4.90 Å². The van der Waals surface area contributed by atoms with Gasteiger partial charge in [0.25, 0.3) is 0 Å². The average molecular weight is 582 g/mol. The van der Waals surface area contributed by atoms with Gasteiger partial charge < -0.3 is 20.1 Å². The van der Waals surface area contributed by atoms with E-state index in [2.05, 4.69) is 19.5 Å². The number of fused-ring (bicyclic) bond motifs is 1. The Hall–Kier alpha value is -4.18. The fourth-order valence-corrected chi connectivity index (χ4v) is 6.77. The molecule has 43 heavy (non-hydrogen) atoms. The third-order valence-electron chi connectivity index (χ3n) is 9.09. The first kappa shape index (κ1) is 27.6. The second-order valence-electron chi connectivity index (χ2n) is 13.4. The quantitative estimate of drug-likeness (QED) is 0.310. The van der Waals surface area contributed by atoms with E-state index in [1.165, 1.54) is 6.33 Å². The van der Waals surface area contributed by atoms with E-state index in [1.54, 1.807) is 0 Å². The number of nitrogens with two attached hydrogens (primary N) is 1. The minimum Gasteiger partial charge on any atom is -0.457 e. The highest BCUT2D eigenvalue weighted by molar-refractivity contribution is 5.98. The maximum Gasteiger partial charge on any atom is 0.410 e. The Balaban J connectivity index is 1.01. The highest BCUT2D eigenvalue weighted by Crippen LogP contribution is 2.49. The number of ether oxygens (including phenoxy) is 2. The average Bonchev–Trinajstić information content (AvgIpc) is 3.33. The van der Waals surface area contributed by atoms with Crippen LogP contribution < -0.4 is 10.5 Å². The van der Waals surface area contributed by atoms with Crippen molar-refractivity contribution in [3.63, 3.8) is 0 Å². The molecule has 0 radical (unpaired) electrons. The summed E-state index contributed by atoms with van der Waals surface area (Å²) in [5.41, 5.74) is 8.84. The van der Waals surface area contributed by atoms with Gasteiger partial charge in [-0.05, 0) is 88.3 Å². The summed E-state index contributed by atoms with van der Waals surface area (Å²) < 4.78 is 13.6. The van der Waals surface area contributed by atoms with Gasteiger partial charge in [-0.1, -0.05) is 18.2 Å². The normalized spacial score (nSPS) is 19.3. The molecule has 4 heterocycles. The van der Waals surface area contributed by atoms with Crippen LogP contribution >= 0.6 is 0 Å². The zero-order valence-corrected chi connectivity index (χ0v) is 25.1. The predicted octanol–water partition coefficient (Wildman–Crippen LogP) is 5.90. The van der Waals surface area contributed by atoms with E-state index in [4.69, 9.17) is 20.3 Å². The molecule has 1 aliphatic carbocycles. The monoisotopic (exact) mass is 581 g/mol. The summed E-state index contributed by atoms with van der Waals surface area (Å²) in [5, 5.41) is 5.90. The number of hydrogen-bond donors (Lipinski definition) is 1. The lowest BCUT2D eigenvalue weighted by molar-refractivity contribution is -0.0996. The van der Waals surface area contributed by atoms with Gasteiger partial charge in [0.2, 0.25) is 0 Å². The van der Waals surface area contributed by atoms with E-state index in [-0.39, 0.29) is 12.1 Å². The lowest BCUT2D eigenvalue weighted by atomic mass is 9.66. The Morgan fingerprint density at radius 3 is 2.28 bits per heavy atom. The van der Waals surface area contributed by atoms with E-state index in [0.29, 0.717) is 17.3 Å². The number of carbonyl (C=O) groups excluding carboxylic acids is 1. The van der Waals surface area contributed by atoms with Crippen LogP contribution in [0.3, 0.4) is 0 Å². The van der Waals surface area contributed by atoms with Gasteiger partial charge in [0, 0.05) is 37.8 Å². The topological polar surface area (TPSA) is 112 Å². The number of likely N-dealkylation sites (tertiary alicyclic amines) is 2. The van der Waals surface area contributed by atoms with E-state index >= 15 is 0 Å². The molecule has 10 nitrogen and oxygen atoms in total. The number of aromatic nitrogens is 4. The first-order valence-electron chi connectivity index (χ1n) is 15.2. The molecule has 1 spiro atoms. The smallest absolute Gasteiger partial charge is 0.410 e. The summed E-state index contributed by atoms with van der Waals surface area (Å²) in [4.78, 5) is 25.6. The van der Waals surface area contributed by atoms with Crippen molar-refractivity contribution in [2.75, 3.05) is 31.9 Å². The molecule has 0 atom stereocenters. The number of nitrogens with zero attached hydrogens (tertiary/aromatic N) is 6. The van der Waals surface area contributed by atoms with Crippen molar-refractivity contribution in [1.82, 2.24) is 29.5 Å². The van der Waals surface area contributed by atoms with Crippen LogP contribution in [-0.4, -0.2) is 73.5 Å². The van der Waals surface area contributed by atoms with Crippen LogP contribution in [0.15, 0.2) is 60.9 Å². The summed E-state index contributed by atoms with van der Waals surface area (Å²) in [5.74, 6) is 2.00. The SMILES string of the molecule is CC(C)(C)OC(=O)N1CC(N2CC3(CCC(n4nc(-c5ccc(Oc6ccccc6)cc5)c5c(N)ncnc54)CC3)C2)C1. The molecule has 1 amide bonds. The molecular formula is C33H39N7O3. The van der Waals surface area contributed by atoms with Crippen LogP contribution in [0.2, 0.25) is 0 Å². The van der Waals surface area contributed by atoms with E-state index in [0.717, 1.165) is 85.7 Å². The number of nitrogen functional groups attached to an aromatic ring is 1. The van der Waals surface area contributed by atoms with E-state index < -0.39 is 5.60 Å². The Bertz CT molecular complexity index is 1610. The number of hydrogen-bond acceptors (Lipinski definition) is 8. The number of rotatable bonds is 5. The molecule has 2 aromatic carbocycles. The number of para-hydroxylation sites is 1. The number of benzene rings is 2. The fourth-order valence-electron chi connectivity index (χ4n) is 6.77. The van der Waals surface area contributed by atoms with Crippen LogP contribution in [-0.2, 0) is 4.74 Å². The third-order valence-corrected chi connectivity index (χ3v) is 9.09. The van der Waals surface area contributed by atoms with Crippen molar-refractivity contribution in [1.29, 1.82) is 0 Å². The summed E-state index contributed by atoms with van der Waals surface area (Å²) >= 11 is 0. The molecule has 0 bridgehead atoms. The first-order valence-corrected chi connectivity index (χ1v) is 15.2. The van der Waals surface area contributed by atoms with Crippen molar-refractivity contribution in [2.24, 2.45) is 5.41 Å². The molecule has 2 N–H and O–H groups in total. The second kappa shape index (κ2) is 10.5. The molecule has 0 unspecified atom stereocenters. The second-order valence-corrected chi connectivity index (χ2v) is 13.4. The maximum absolute atomic E-state index is 12.3. The van der Waals surface area contributed by atoms with Crippen molar-refractivity contribution >= 4 is 22.9 Å². The van der Waals surface area contributed by atoms with Crippen LogP contribution in [0.5, 0.6) is 11.5 Å². The Kier molecular flexibility index (Phi) is 6.76. The molecule has 2 aromatic heterocycles. The summed E-state index contributed by atoms with van der Waals surface area (Å²) in [6.07, 6.45) is 5.73. The summed E-state index contributed by atoms with van der Waals surface area (Å²) in [6.45, 7) is 9.45. The van der Waals surface area contributed by atoms with Gasteiger partial charge in [-0.15, -0.1) is 0 Å². The highest BCUT2D eigenvalue weighted by atomic mass is 16.6. The largest absolute Gasteiger partial charge is 0.457 e. The lowest BCUT2D eigenvalue weighted by Crippen LogP contribution is -2.70. The number of amides is 1. The number of anilines is 1. The van der Waals surface area contributed by atoms with Crippen molar-refractivity contribution in [3.05, 3.63) is 60.9 Å². The molecule has 7 rings (SSSR count). The zero-order valence-electron chi connectivity index (χ0n) is 25.1. The predicted molar refractivity (Wildman–Crippen MR) is 165 cm³/mol. The Morgan fingerprint density at radius 1 is 0.930 bits per heavy atom. The van der Waals surface area contributed by atoms with Crippen molar-refractivity contribution in [2.45, 2.75) is 64.1 Å². The molecule has 4 aromatic rings. The van der Waals surface area contributed by atoms with E-state index in [1.807, 2.05) is 80.3 Å². The van der Waals surface area contributed by atoms with Crippen molar-refractivity contribution < 1.29 is 14.3 Å². The van der Waals surface area contributed by atoms with Gasteiger partial charge in [0.15, 0.2) is 5.65 Å². The minimum atomic E-state index is -0.456. The zero-order chi connectivity index (χ0) is 29.8.